The number of aromatic nitrogens is 4. The van der Waals surface area contributed by atoms with Crippen molar-refractivity contribution < 1.29 is 0 Å². The number of nitriles is 4. The lowest BCUT2D eigenvalue weighted by atomic mass is 9.91. The number of nitrogens with zero attached hydrogens (tertiary/aromatic N) is 8. The molecular weight excluding hydrogens is 532 g/mol. The fraction of sp³-hybridized carbons (Fsp3) is 0. The van der Waals surface area contributed by atoms with Crippen molar-refractivity contribution in [2.75, 3.05) is 0 Å². The molecule has 0 spiro atoms. The van der Waals surface area contributed by atoms with Gasteiger partial charge in [-0.05, 0) is 60.2 Å². The molecule has 8 nitrogen and oxygen atoms in total. The van der Waals surface area contributed by atoms with Crippen LogP contribution >= 0.6 is 0 Å². The fourth-order valence-corrected chi connectivity index (χ4v) is 5.42. The Hall–Kier alpha value is -6.87. The molecule has 0 fully saturated rings. The molecule has 0 aliphatic carbocycles. The molecule has 0 radical (unpaired) electrons. The third-order valence-corrected chi connectivity index (χ3v) is 7.38. The monoisotopic (exact) mass is 548 g/mol. The molecule has 0 aliphatic heterocycles. The van der Waals surface area contributed by atoms with Gasteiger partial charge < -0.3 is 0 Å². The highest BCUT2D eigenvalue weighted by Crippen LogP contribution is 2.38. The zero-order valence-corrected chi connectivity index (χ0v) is 22.3. The van der Waals surface area contributed by atoms with E-state index in [0.717, 1.165) is 27.4 Å². The van der Waals surface area contributed by atoms with Crippen molar-refractivity contribution in [2.45, 2.75) is 0 Å². The van der Waals surface area contributed by atoms with Crippen molar-refractivity contribution in [3.63, 3.8) is 0 Å². The summed E-state index contributed by atoms with van der Waals surface area (Å²) in [5.41, 5.74) is 6.70. The van der Waals surface area contributed by atoms with Gasteiger partial charge in [0.2, 0.25) is 0 Å². The van der Waals surface area contributed by atoms with Crippen molar-refractivity contribution in [1.29, 1.82) is 21.0 Å². The SMILES string of the molecule is N#Cc1ccc(-c2nc3cc(-c4c(C#N)cc(C#N)cc4C#N)ccc3c3c2ccc2nn(-c4ccccc4)nc23)cc1. The topological polar surface area (TPSA) is 139 Å². The lowest BCUT2D eigenvalue weighted by Crippen LogP contribution is -1.97. The van der Waals surface area contributed by atoms with Crippen LogP contribution in [0.2, 0.25) is 0 Å². The van der Waals surface area contributed by atoms with Crippen LogP contribution in [-0.2, 0) is 0 Å². The average Bonchev–Trinajstić information content (AvgIpc) is 3.52. The highest BCUT2D eigenvalue weighted by atomic mass is 15.5. The van der Waals surface area contributed by atoms with E-state index in [4.69, 9.17) is 15.2 Å². The molecule has 0 amide bonds. The molecule has 0 saturated heterocycles. The van der Waals surface area contributed by atoms with E-state index in [-0.39, 0.29) is 16.7 Å². The van der Waals surface area contributed by atoms with E-state index in [1.165, 1.54) is 12.1 Å². The van der Waals surface area contributed by atoms with Crippen LogP contribution < -0.4 is 0 Å². The average molecular weight is 549 g/mol. The Bertz CT molecular complexity index is 2390. The molecule has 7 rings (SSSR count). The highest BCUT2D eigenvalue weighted by Gasteiger charge is 2.19. The fourth-order valence-electron chi connectivity index (χ4n) is 5.42. The summed E-state index contributed by atoms with van der Waals surface area (Å²) in [4.78, 5) is 6.69. The molecule has 2 aromatic heterocycles. The Kier molecular flexibility index (Phi) is 5.81. The summed E-state index contributed by atoms with van der Waals surface area (Å²) in [6, 6.07) is 37.9. The minimum atomic E-state index is 0.233. The van der Waals surface area contributed by atoms with Gasteiger partial charge in [-0.25, -0.2) is 4.98 Å². The van der Waals surface area contributed by atoms with Crippen LogP contribution in [0.25, 0.3) is 60.8 Å². The maximum absolute atomic E-state index is 9.90. The van der Waals surface area contributed by atoms with E-state index >= 15 is 0 Å². The number of pyridine rings is 1. The third-order valence-electron chi connectivity index (χ3n) is 7.38. The summed E-state index contributed by atoms with van der Waals surface area (Å²) < 4.78 is 0. The summed E-state index contributed by atoms with van der Waals surface area (Å²) in [6.45, 7) is 0. The molecule has 0 saturated carbocycles. The molecule has 7 aromatic rings. The van der Waals surface area contributed by atoms with Gasteiger partial charge in [-0.2, -0.15) is 25.8 Å². The van der Waals surface area contributed by atoms with E-state index in [1.807, 2.05) is 78.9 Å². The molecule has 0 aliphatic rings. The first-order chi connectivity index (χ1) is 21.1. The zero-order valence-electron chi connectivity index (χ0n) is 22.3. The van der Waals surface area contributed by atoms with Gasteiger partial charge in [0.25, 0.3) is 0 Å². The van der Waals surface area contributed by atoms with Gasteiger partial charge in [0.15, 0.2) is 0 Å². The highest BCUT2D eigenvalue weighted by molar-refractivity contribution is 6.21. The van der Waals surface area contributed by atoms with Gasteiger partial charge in [-0.15, -0.1) is 10.2 Å². The molecule has 8 heteroatoms. The smallest absolute Gasteiger partial charge is 0.122 e. The first-order valence-electron chi connectivity index (χ1n) is 13.2. The van der Waals surface area contributed by atoms with Crippen molar-refractivity contribution in [3.05, 3.63) is 119 Å². The summed E-state index contributed by atoms with van der Waals surface area (Å²) in [5, 5.41) is 50.7. The Morgan fingerprint density at radius 3 is 1.91 bits per heavy atom. The molecule has 196 valence electrons. The van der Waals surface area contributed by atoms with Crippen molar-refractivity contribution >= 4 is 32.7 Å². The van der Waals surface area contributed by atoms with Crippen molar-refractivity contribution in [2.24, 2.45) is 0 Å². The normalized spacial score (nSPS) is 10.7. The summed E-state index contributed by atoms with van der Waals surface area (Å²) in [5.74, 6) is 0. The molecule has 5 aromatic carbocycles. The van der Waals surface area contributed by atoms with Gasteiger partial charge in [-0.1, -0.05) is 42.5 Å². The predicted octanol–water partition coefficient (Wildman–Crippen LogP) is 6.94. The Labute approximate surface area is 245 Å². The first kappa shape index (κ1) is 25.1. The molecule has 2 heterocycles. The number of rotatable bonds is 3. The molecule has 43 heavy (non-hydrogen) atoms. The van der Waals surface area contributed by atoms with Gasteiger partial charge in [0.05, 0.1) is 63.4 Å². The van der Waals surface area contributed by atoms with E-state index in [1.54, 1.807) is 16.9 Å². The predicted molar refractivity (Wildman–Crippen MR) is 161 cm³/mol. The molecular formula is C35H16N8. The first-order valence-corrected chi connectivity index (χ1v) is 13.2. The number of hydrogen-bond donors (Lipinski definition) is 0. The number of fused-ring (bicyclic) bond motifs is 5. The van der Waals surface area contributed by atoms with Gasteiger partial charge in [0, 0.05) is 27.3 Å². The van der Waals surface area contributed by atoms with Crippen molar-refractivity contribution in [1.82, 2.24) is 20.0 Å². The second-order valence-corrected chi connectivity index (χ2v) is 9.84. The van der Waals surface area contributed by atoms with E-state index in [2.05, 4.69) is 18.2 Å². The van der Waals surface area contributed by atoms with Gasteiger partial charge >= 0.3 is 0 Å². The van der Waals surface area contributed by atoms with Gasteiger partial charge in [0.1, 0.15) is 11.0 Å². The van der Waals surface area contributed by atoms with Crippen molar-refractivity contribution in [3.8, 4) is 52.3 Å². The Morgan fingerprint density at radius 1 is 0.558 bits per heavy atom. The van der Waals surface area contributed by atoms with E-state index in [9.17, 15) is 21.0 Å². The number of benzene rings is 5. The second-order valence-electron chi connectivity index (χ2n) is 9.84. The summed E-state index contributed by atoms with van der Waals surface area (Å²) >= 11 is 0. The maximum Gasteiger partial charge on any atom is 0.122 e. The van der Waals surface area contributed by atoms with Crippen LogP contribution in [0.15, 0.2) is 97.1 Å². The quantitative estimate of drug-likeness (QED) is 0.218. The number of para-hydroxylation sites is 1. The summed E-state index contributed by atoms with van der Waals surface area (Å²) in [6.07, 6.45) is 0. The van der Waals surface area contributed by atoms with Crippen LogP contribution in [0, 0.1) is 45.3 Å². The Balaban J connectivity index is 1.57. The van der Waals surface area contributed by atoms with Crippen LogP contribution in [0.5, 0.6) is 0 Å². The van der Waals surface area contributed by atoms with Crippen LogP contribution in [0.4, 0.5) is 0 Å². The standard InChI is InChI=1S/C35H16N8/c36-17-21-6-8-23(9-7-21)34-29-12-13-30-35(42-43(41-30)27-4-2-1-3-5-27)33(29)28-11-10-24(16-31(28)40-34)32-25(19-38)14-22(18-37)15-26(32)20-39/h1-16H. The van der Waals surface area contributed by atoms with Gasteiger partial charge in [-0.3, -0.25) is 0 Å². The Morgan fingerprint density at radius 2 is 1.23 bits per heavy atom. The minimum Gasteiger partial charge on any atom is -0.247 e. The minimum absolute atomic E-state index is 0.233. The van der Waals surface area contributed by atoms with E-state index in [0.29, 0.717) is 38.9 Å². The molecule has 0 unspecified atom stereocenters. The van der Waals surface area contributed by atoms with E-state index < -0.39 is 0 Å². The summed E-state index contributed by atoms with van der Waals surface area (Å²) in [7, 11) is 0. The second kappa shape index (κ2) is 9.95. The largest absolute Gasteiger partial charge is 0.247 e. The zero-order chi connectivity index (χ0) is 29.5. The third kappa shape index (κ3) is 4.09. The van der Waals surface area contributed by atoms with Crippen LogP contribution in [0.1, 0.15) is 22.3 Å². The lowest BCUT2D eigenvalue weighted by molar-refractivity contribution is 0.766. The molecule has 0 atom stereocenters. The maximum atomic E-state index is 9.90. The van der Waals surface area contributed by atoms with Crippen LogP contribution in [-0.4, -0.2) is 20.0 Å². The molecule has 0 bridgehead atoms. The lowest BCUT2D eigenvalue weighted by Gasteiger charge is -2.13. The molecule has 0 N–H and O–H groups in total. The number of hydrogen-bond acceptors (Lipinski definition) is 7. The van der Waals surface area contributed by atoms with Crippen LogP contribution in [0.3, 0.4) is 0 Å².